The highest BCUT2D eigenvalue weighted by molar-refractivity contribution is 9.09. The fourth-order valence-corrected chi connectivity index (χ4v) is 12.7. The van der Waals surface area contributed by atoms with Gasteiger partial charge in [0.15, 0.2) is 54.2 Å². The predicted molar refractivity (Wildman–Crippen MR) is 387 cm³/mol. The number of phenols is 2. The minimum Gasteiger partial charge on any atom is -0.541 e. The lowest BCUT2D eigenvalue weighted by Gasteiger charge is -2.42. The molecule has 28 nitrogen and oxygen atoms in total. The minimum atomic E-state index is -2.09. The summed E-state index contributed by atoms with van der Waals surface area (Å²) < 4.78 is 87.3. The maximum Gasteiger partial charge on any atom is 0.339 e. The van der Waals surface area contributed by atoms with Crippen molar-refractivity contribution in [3.63, 3.8) is 0 Å². The molecule has 4 fully saturated rings. The van der Waals surface area contributed by atoms with Crippen LogP contribution in [0.5, 0.6) is 34.5 Å². The quantitative estimate of drug-likeness (QED) is 0.0307. The number of benzene rings is 4. The van der Waals surface area contributed by atoms with Crippen LogP contribution in [0.2, 0.25) is 18.1 Å². The summed E-state index contributed by atoms with van der Waals surface area (Å²) in [4.78, 5) is 115. The van der Waals surface area contributed by atoms with Gasteiger partial charge >= 0.3 is 47.8 Å². The van der Waals surface area contributed by atoms with Crippen LogP contribution in [0.25, 0.3) is 0 Å². The van der Waals surface area contributed by atoms with Gasteiger partial charge in [0, 0.05) is 69.1 Å². The second-order valence-electron chi connectivity index (χ2n) is 27.4. The number of carbonyl (C=O) groups is 10. The first-order chi connectivity index (χ1) is 49.7. The van der Waals surface area contributed by atoms with Gasteiger partial charge in [-0.15, -0.1) is 0 Å². The van der Waals surface area contributed by atoms with Gasteiger partial charge in [-0.2, -0.15) is 0 Å². The van der Waals surface area contributed by atoms with E-state index in [4.69, 9.17) is 75.8 Å². The zero-order valence-corrected chi connectivity index (χ0v) is 66.4. The van der Waals surface area contributed by atoms with E-state index in [0.29, 0.717) is 40.9 Å². The van der Waals surface area contributed by atoms with Gasteiger partial charge in [0.2, 0.25) is 18.9 Å². The first kappa shape index (κ1) is 89.7. The van der Waals surface area contributed by atoms with Crippen molar-refractivity contribution in [3.8, 4) is 34.5 Å². The molecule has 4 aliphatic rings. The Hall–Kier alpha value is -8.68. The van der Waals surface area contributed by atoms with Gasteiger partial charge in [-0.05, 0) is 72.6 Å². The average Bonchev–Trinajstić information content (AvgIpc) is 0.803. The minimum absolute atomic E-state index is 0.00104. The lowest BCUT2D eigenvalue weighted by atomic mass is 9.84. The third-order valence-electron chi connectivity index (χ3n) is 19.1. The van der Waals surface area contributed by atoms with E-state index in [9.17, 15) is 53.1 Å². The summed E-state index contributed by atoms with van der Waals surface area (Å²) >= 11 is 3.36. The molecule has 0 aliphatic carbocycles. The Balaban J connectivity index is 0.000000291. The highest BCUT2D eigenvalue weighted by Crippen LogP contribution is 2.44. The van der Waals surface area contributed by atoms with E-state index < -0.39 is 124 Å². The Morgan fingerprint density at radius 1 is 0.396 bits per heavy atom. The van der Waals surface area contributed by atoms with Crippen LogP contribution in [0.1, 0.15) is 125 Å². The molecule has 4 aromatic rings. The fourth-order valence-electron chi connectivity index (χ4n) is 11.0. The number of ether oxygens (including phenoxy) is 15. The van der Waals surface area contributed by atoms with E-state index in [-0.39, 0.29) is 74.6 Å². The van der Waals surface area contributed by atoms with Crippen molar-refractivity contribution in [2.24, 2.45) is 47.3 Å². The van der Waals surface area contributed by atoms with E-state index >= 15 is 0 Å². The number of para-hydroxylation sites is 6. The van der Waals surface area contributed by atoms with E-state index in [1.807, 2.05) is 79.7 Å². The molecular weight excluding hydrogens is 1470 g/mol. The predicted octanol–water partition coefficient (Wildman–Crippen LogP) is 11.1. The van der Waals surface area contributed by atoms with Crippen molar-refractivity contribution < 1.29 is 134 Å². The van der Waals surface area contributed by atoms with Crippen molar-refractivity contribution in [2.75, 3.05) is 28.4 Å². The molecule has 0 radical (unpaired) electrons. The highest BCUT2D eigenvalue weighted by atomic mass is 79.9. The molecule has 30 heteroatoms. The van der Waals surface area contributed by atoms with Gasteiger partial charge in [0.1, 0.15) is 46.7 Å². The maximum absolute atomic E-state index is 12.4. The molecule has 2 N–H and O–H groups in total. The summed E-state index contributed by atoms with van der Waals surface area (Å²) in [7, 11) is 2.93. The molecule has 0 amide bonds. The molecule has 4 heterocycles. The van der Waals surface area contributed by atoms with Crippen LogP contribution >= 0.6 is 15.9 Å². The van der Waals surface area contributed by atoms with E-state index in [0.717, 1.165) is 0 Å². The van der Waals surface area contributed by atoms with Gasteiger partial charge in [-0.3, -0.25) is 28.8 Å². The van der Waals surface area contributed by atoms with Crippen LogP contribution in [-0.4, -0.2) is 180 Å². The monoisotopic (exact) mass is 1570 g/mol. The number of aromatic hydroxyl groups is 2. The summed E-state index contributed by atoms with van der Waals surface area (Å²) in [5, 5.41) is 18.5. The summed E-state index contributed by atoms with van der Waals surface area (Å²) in [6.45, 7) is 31.2. The van der Waals surface area contributed by atoms with E-state index in [2.05, 4.69) is 54.5 Å². The van der Waals surface area contributed by atoms with Crippen molar-refractivity contribution >= 4 is 84.6 Å². The number of carbonyl (C=O) groups excluding carboxylic acids is 10. The molecule has 4 aliphatic heterocycles. The topological polar surface area (TPSA) is 359 Å². The fraction of sp³-hybridized carbons (Fsp3) is 0.553. The second-order valence-corrected chi connectivity index (χ2v) is 33.0. The number of rotatable bonds is 18. The number of halogens is 1. The Labute approximate surface area is 628 Å². The van der Waals surface area contributed by atoms with Crippen molar-refractivity contribution in [1.82, 2.24) is 0 Å². The number of methoxy groups -OCH3 is 4. The normalized spacial score (nSPS) is 28.0. The Morgan fingerprint density at radius 2 is 0.679 bits per heavy atom. The largest absolute Gasteiger partial charge is 0.541 e. The molecule has 586 valence electrons. The standard InChI is InChI=1S/C23H36O7Si.C18H22O7.C17H22O7.C11H17BrO5.C7H6O2/c1-14-15(2)22(29-20(21(25)26-7)19(14)27-16(3)24)28-17-12-10-11-13-18(17)30-31(8,9)23(4,5)6;1-10-11(2)18(24-14-8-6-5-7-13(14)9-19)25-16(17(21)22-4)15(10)23-12(3)20;1-9-10(2)17(23-13-8-6-5-7-12(13)19)24-15(16(20)21-4)14(9)22-11(3)18;1-5-6(2)10(12)17-9(11(14)15-4)8(5)16-7(3)13;8-5-6-3-1-2-4-7(6)9/h10-15,19-20,22H,1-9H3;5-11,15-16,18H,1-4H3;5-10,14-15,17,19H,1-4H3;5-6,8-10H,1-4H3;1-5,9H/t14-,15-,19+,20+,22-;10-,11-,15+,16+,18-;9-,10-,14+,15+,17-;5-,6-,8+,9+,10?;/m1111./s1. The summed E-state index contributed by atoms with van der Waals surface area (Å²) in [5.74, 6) is -3.63. The number of hydrogen-bond acceptors (Lipinski definition) is 28. The van der Waals surface area contributed by atoms with Crippen LogP contribution in [0, 0.1) is 47.3 Å². The molecule has 0 saturated carbocycles. The van der Waals surface area contributed by atoms with Crippen LogP contribution in [0.3, 0.4) is 0 Å². The Morgan fingerprint density at radius 3 is 1.00 bits per heavy atom. The van der Waals surface area contributed by atoms with Crippen LogP contribution < -0.4 is 18.6 Å². The number of hydrogen-bond donors (Lipinski definition) is 2. The number of esters is 8. The lowest BCUT2D eigenvalue weighted by molar-refractivity contribution is -0.243. The molecule has 0 bridgehead atoms. The van der Waals surface area contributed by atoms with Crippen molar-refractivity contribution in [2.45, 2.75) is 195 Å². The first-order valence-corrected chi connectivity index (χ1v) is 38.2. The van der Waals surface area contributed by atoms with Gasteiger partial charge < -0.3 is 85.7 Å². The Bertz CT molecular complexity index is 3580. The molecule has 20 atom stereocenters. The van der Waals surface area contributed by atoms with Crippen LogP contribution in [-0.2, 0) is 95.2 Å². The Kier molecular flexibility index (Phi) is 35.1. The van der Waals surface area contributed by atoms with Crippen molar-refractivity contribution in [1.29, 1.82) is 0 Å². The molecule has 4 saturated heterocycles. The van der Waals surface area contributed by atoms with E-state index in [1.54, 1.807) is 60.7 Å². The molecule has 1 unspecified atom stereocenters. The second kappa shape index (κ2) is 41.4. The molecule has 8 rings (SSSR count). The van der Waals surface area contributed by atoms with Crippen molar-refractivity contribution in [3.05, 3.63) is 108 Å². The number of aldehydes is 2. The summed E-state index contributed by atoms with van der Waals surface area (Å²) in [6.07, 6.45) is -8.09. The van der Waals surface area contributed by atoms with Gasteiger partial charge in [0.05, 0.1) is 39.6 Å². The maximum atomic E-state index is 12.4. The number of alkyl halides is 1. The van der Waals surface area contributed by atoms with Gasteiger partial charge in [0.25, 0.3) is 8.32 Å². The van der Waals surface area contributed by atoms with Crippen LogP contribution in [0.4, 0.5) is 0 Å². The molecule has 4 aromatic carbocycles. The van der Waals surface area contributed by atoms with E-state index in [1.165, 1.54) is 68.3 Å². The molecule has 0 spiro atoms. The number of phenolic OH excluding ortho intramolecular Hbond substituents is 2. The van der Waals surface area contributed by atoms with Gasteiger partial charge in [-0.1, -0.05) is 141 Å². The third-order valence-corrected chi connectivity index (χ3v) is 24.5. The molecule has 106 heavy (non-hydrogen) atoms. The first-order valence-electron chi connectivity index (χ1n) is 34.3. The zero-order chi connectivity index (χ0) is 79.8. The molecule has 0 aromatic heterocycles. The highest BCUT2D eigenvalue weighted by Gasteiger charge is 2.52. The third kappa shape index (κ3) is 24.7. The van der Waals surface area contributed by atoms with Gasteiger partial charge in [-0.25, -0.2) is 19.2 Å². The SMILES string of the molecule is COC(=O)[C@H]1OC(Br)[C@H](C)[C@@H](C)[C@@H]1OC(C)=O.COC(=O)[C@H]1O[C@@H](Oc2ccccc2C=O)[C@H](C)[C@@H](C)[C@@H]1OC(C)=O.COC(=O)[C@H]1O[C@@H](Oc2ccccc2O)[C@H](C)[C@@H](C)[C@@H]1OC(C)=O.COC(=O)[C@H]1O[C@@H](Oc2ccccc2O[Si](C)(C)C(C)(C)C)[C@H](C)[C@@H](C)[C@@H]1OC(C)=O.O=Cc1ccccc1O. The lowest BCUT2D eigenvalue weighted by Crippen LogP contribution is -2.55. The smallest absolute Gasteiger partial charge is 0.339 e. The summed E-state index contributed by atoms with van der Waals surface area (Å²) in [6, 6.07) is 27.1. The van der Waals surface area contributed by atoms with Crippen LogP contribution in [0.15, 0.2) is 97.1 Å². The summed E-state index contributed by atoms with van der Waals surface area (Å²) in [5.41, 5.74) is 0.709. The zero-order valence-electron chi connectivity index (χ0n) is 63.8. The average molecular weight is 1570 g/mol. The molecular formula is C76H103BrO28Si.